The van der Waals surface area contributed by atoms with Crippen molar-refractivity contribution in [2.24, 2.45) is 11.8 Å². The zero-order valence-corrected chi connectivity index (χ0v) is 11.6. The summed E-state index contributed by atoms with van der Waals surface area (Å²) < 4.78 is 0. The first-order chi connectivity index (χ1) is 8.52. The monoisotopic (exact) mass is 269 g/mol. The summed E-state index contributed by atoms with van der Waals surface area (Å²) in [5.41, 5.74) is 1.06. The maximum Gasteiger partial charge on any atom is 0.223 e. The van der Waals surface area contributed by atoms with Gasteiger partial charge in [-0.25, -0.2) is 0 Å². The fourth-order valence-corrected chi connectivity index (χ4v) is 1.84. The molecule has 2 N–H and O–H groups in total. The van der Waals surface area contributed by atoms with Gasteiger partial charge in [-0.2, -0.15) is 0 Å². The molecular weight excluding hydrogens is 250 g/mol. The van der Waals surface area contributed by atoms with Crippen molar-refractivity contribution in [3.8, 4) is 0 Å². The van der Waals surface area contributed by atoms with Crippen LogP contribution in [-0.4, -0.2) is 24.2 Å². The van der Waals surface area contributed by atoms with Gasteiger partial charge in [-0.1, -0.05) is 37.6 Å². The average molecular weight is 270 g/mol. The number of rotatable bonds is 6. The second-order valence-corrected chi connectivity index (χ2v) is 5.20. The smallest absolute Gasteiger partial charge is 0.223 e. The number of aliphatic hydroxyl groups excluding tert-OH is 1. The number of aliphatic hydroxyl groups is 1. The van der Waals surface area contributed by atoms with Gasteiger partial charge in [0.15, 0.2) is 0 Å². The van der Waals surface area contributed by atoms with Crippen molar-refractivity contribution in [2.75, 3.05) is 13.2 Å². The molecular formula is C14H20ClNO2. The number of hydrogen-bond acceptors (Lipinski definition) is 2. The van der Waals surface area contributed by atoms with Crippen molar-refractivity contribution in [3.63, 3.8) is 0 Å². The lowest BCUT2D eigenvalue weighted by atomic mass is 10.0. The first-order valence-corrected chi connectivity index (χ1v) is 6.53. The van der Waals surface area contributed by atoms with Gasteiger partial charge in [0.2, 0.25) is 5.91 Å². The molecule has 0 bridgehead atoms. The Labute approximate surface area is 113 Å². The number of carbonyl (C=O) groups excluding carboxylic acids is 1. The summed E-state index contributed by atoms with van der Waals surface area (Å²) in [4.78, 5) is 11.8. The van der Waals surface area contributed by atoms with Crippen LogP contribution in [-0.2, 0) is 11.2 Å². The minimum absolute atomic E-state index is 0.00951. The van der Waals surface area contributed by atoms with Crippen LogP contribution in [0.1, 0.15) is 19.4 Å². The number of amides is 1. The van der Waals surface area contributed by atoms with Crippen LogP contribution in [0.2, 0.25) is 5.02 Å². The fourth-order valence-electron chi connectivity index (χ4n) is 1.62. The average Bonchev–Trinajstić information content (AvgIpc) is 2.35. The molecule has 1 rings (SSSR count). The lowest BCUT2D eigenvalue weighted by Crippen LogP contribution is -2.34. The van der Waals surface area contributed by atoms with Crippen molar-refractivity contribution in [1.82, 2.24) is 5.32 Å². The number of hydrogen-bond donors (Lipinski definition) is 2. The van der Waals surface area contributed by atoms with Gasteiger partial charge in [-0.15, -0.1) is 0 Å². The predicted octanol–water partition coefficient (Wildman–Crippen LogP) is 2.26. The second kappa shape index (κ2) is 7.39. The molecule has 2 atom stereocenters. The molecule has 1 aromatic carbocycles. The normalized spacial score (nSPS) is 14.0. The molecule has 3 nitrogen and oxygen atoms in total. The van der Waals surface area contributed by atoms with Crippen molar-refractivity contribution >= 4 is 17.5 Å². The van der Waals surface area contributed by atoms with Crippen LogP contribution >= 0.6 is 11.6 Å². The molecule has 1 aromatic rings. The van der Waals surface area contributed by atoms with E-state index >= 15 is 0 Å². The Bertz CT molecular complexity index is 395. The molecule has 0 fully saturated rings. The summed E-state index contributed by atoms with van der Waals surface area (Å²) in [6, 6.07) is 7.54. The minimum atomic E-state index is -0.102. The maximum atomic E-state index is 11.8. The fraction of sp³-hybridized carbons (Fsp3) is 0.500. The molecule has 0 aliphatic heterocycles. The highest BCUT2D eigenvalue weighted by Gasteiger charge is 2.14. The van der Waals surface area contributed by atoms with E-state index in [0.29, 0.717) is 18.0 Å². The Hall–Kier alpha value is -1.06. The van der Waals surface area contributed by atoms with Gasteiger partial charge >= 0.3 is 0 Å². The second-order valence-electron chi connectivity index (χ2n) is 4.77. The summed E-state index contributed by atoms with van der Waals surface area (Å²) in [6.07, 6.45) is 0.667. The topological polar surface area (TPSA) is 49.3 Å². The first kappa shape index (κ1) is 15.0. The molecule has 0 aliphatic carbocycles. The third-order valence-electron chi connectivity index (χ3n) is 2.81. The van der Waals surface area contributed by atoms with Crippen LogP contribution < -0.4 is 5.32 Å². The highest BCUT2D eigenvalue weighted by molar-refractivity contribution is 6.30. The summed E-state index contributed by atoms with van der Waals surface area (Å²) in [6.45, 7) is 4.37. The molecule has 0 heterocycles. The summed E-state index contributed by atoms with van der Waals surface area (Å²) in [7, 11) is 0. The van der Waals surface area contributed by atoms with Gasteiger partial charge in [-0.3, -0.25) is 4.79 Å². The van der Waals surface area contributed by atoms with Crippen molar-refractivity contribution in [2.45, 2.75) is 20.3 Å². The zero-order chi connectivity index (χ0) is 13.5. The lowest BCUT2D eigenvalue weighted by molar-refractivity contribution is -0.124. The molecule has 0 aromatic heterocycles. The van der Waals surface area contributed by atoms with E-state index in [0.717, 1.165) is 5.56 Å². The summed E-state index contributed by atoms with van der Waals surface area (Å²) >= 11 is 5.90. The first-order valence-electron chi connectivity index (χ1n) is 6.16. The highest BCUT2D eigenvalue weighted by atomic mass is 35.5. The van der Waals surface area contributed by atoms with Gasteiger partial charge in [0.1, 0.15) is 0 Å². The molecule has 100 valence electrons. The standard InChI is InChI=1S/C14H20ClNO2/c1-10(9-17)8-16-14(18)11(2)6-12-4-3-5-13(15)7-12/h3-5,7,10-11,17H,6,8-9H2,1-2H3,(H,16,18). The largest absolute Gasteiger partial charge is 0.396 e. The maximum absolute atomic E-state index is 11.8. The Morgan fingerprint density at radius 3 is 2.78 bits per heavy atom. The summed E-state index contributed by atoms with van der Waals surface area (Å²) in [5, 5.41) is 12.4. The van der Waals surface area contributed by atoms with Crippen molar-refractivity contribution in [3.05, 3.63) is 34.9 Å². The van der Waals surface area contributed by atoms with Crippen LogP contribution in [0, 0.1) is 11.8 Å². The number of nitrogens with one attached hydrogen (secondary N) is 1. The quantitative estimate of drug-likeness (QED) is 0.832. The predicted molar refractivity (Wildman–Crippen MR) is 73.6 cm³/mol. The van der Waals surface area contributed by atoms with E-state index in [1.807, 2.05) is 38.1 Å². The van der Waals surface area contributed by atoms with Crippen molar-refractivity contribution in [1.29, 1.82) is 0 Å². The van der Waals surface area contributed by atoms with Crippen LogP contribution in [0.25, 0.3) is 0 Å². The van der Waals surface area contributed by atoms with Crippen LogP contribution in [0.15, 0.2) is 24.3 Å². The molecule has 0 radical (unpaired) electrons. The van der Waals surface area contributed by atoms with E-state index in [4.69, 9.17) is 16.7 Å². The minimum Gasteiger partial charge on any atom is -0.396 e. The summed E-state index contributed by atoms with van der Waals surface area (Å²) in [5.74, 6) is -0.00282. The van der Waals surface area contributed by atoms with Crippen LogP contribution in [0.5, 0.6) is 0 Å². The zero-order valence-electron chi connectivity index (χ0n) is 10.8. The molecule has 0 spiro atoms. The Balaban J connectivity index is 2.45. The molecule has 1 amide bonds. The van der Waals surface area contributed by atoms with Crippen molar-refractivity contribution < 1.29 is 9.90 Å². The van der Waals surface area contributed by atoms with Crippen LogP contribution in [0.3, 0.4) is 0 Å². The SMILES string of the molecule is CC(CO)CNC(=O)C(C)Cc1cccc(Cl)c1. The molecule has 2 unspecified atom stereocenters. The Morgan fingerprint density at radius 2 is 2.17 bits per heavy atom. The van der Waals surface area contributed by atoms with Gasteiger partial charge in [0.05, 0.1) is 0 Å². The van der Waals surface area contributed by atoms with Gasteiger partial charge in [-0.05, 0) is 30.0 Å². The van der Waals surface area contributed by atoms with E-state index in [1.54, 1.807) is 0 Å². The van der Waals surface area contributed by atoms with E-state index in [2.05, 4.69) is 5.32 Å². The lowest BCUT2D eigenvalue weighted by Gasteiger charge is -2.14. The van der Waals surface area contributed by atoms with E-state index < -0.39 is 0 Å². The molecule has 0 saturated carbocycles. The number of halogens is 1. The highest BCUT2D eigenvalue weighted by Crippen LogP contribution is 2.14. The van der Waals surface area contributed by atoms with Crippen LogP contribution in [0.4, 0.5) is 0 Å². The van der Waals surface area contributed by atoms with Gasteiger partial charge < -0.3 is 10.4 Å². The Morgan fingerprint density at radius 1 is 1.44 bits per heavy atom. The third-order valence-corrected chi connectivity index (χ3v) is 3.05. The molecule has 4 heteroatoms. The number of benzene rings is 1. The molecule has 0 aliphatic rings. The number of carbonyl (C=O) groups is 1. The van der Waals surface area contributed by atoms with E-state index in [-0.39, 0.29) is 24.3 Å². The molecule has 0 saturated heterocycles. The van der Waals surface area contributed by atoms with E-state index in [1.165, 1.54) is 0 Å². The van der Waals surface area contributed by atoms with Gasteiger partial charge in [0.25, 0.3) is 0 Å². The third kappa shape index (κ3) is 5.07. The van der Waals surface area contributed by atoms with Gasteiger partial charge in [0, 0.05) is 24.1 Å². The van der Waals surface area contributed by atoms with E-state index in [9.17, 15) is 4.79 Å². The molecule has 18 heavy (non-hydrogen) atoms. The Kier molecular flexibility index (Phi) is 6.16.